The molecule has 5 N–H and O–H groups in total. The summed E-state index contributed by atoms with van der Waals surface area (Å²) in [6, 6.07) is 13.5. The fourth-order valence-electron chi connectivity index (χ4n) is 4.72. The molecule has 38 heavy (non-hydrogen) atoms. The van der Waals surface area contributed by atoms with E-state index in [1.807, 2.05) is 6.07 Å². The average molecular weight is 519 g/mol. The predicted molar refractivity (Wildman–Crippen MR) is 142 cm³/mol. The zero-order valence-electron chi connectivity index (χ0n) is 20.9. The molecule has 2 amide bonds. The molecule has 1 saturated heterocycles. The normalized spacial score (nSPS) is 14.5. The number of fused-ring (bicyclic) bond motifs is 1. The van der Waals surface area contributed by atoms with Gasteiger partial charge in [0.25, 0.3) is 11.8 Å². The van der Waals surface area contributed by atoms with E-state index in [2.05, 4.69) is 32.8 Å². The third-order valence-corrected chi connectivity index (χ3v) is 6.80. The number of aromatic nitrogens is 2. The van der Waals surface area contributed by atoms with E-state index in [1.165, 1.54) is 24.3 Å². The highest BCUT2D eigenvalue weighted by molar-refractivity contribution is 6.11. The fourth-order valence-corrected chi connectivity index (χ4v) is 4.72. The Hall–Kier alpha value is -4.31. The molecule has 0 bridgehead atoms. The number of piperidine rings is 1. The van der Waals surface area contributed by atoms with Gasteiger partial charge in [-0.25, -0.2) is 8.78 Å². The number of rotatable bonds is 6. The number of nitrogen functional groups attached to an aromatic ring is 1. The summed E-state index contributed by atoms with van der Waals surface area (Å²) >= 11 is 0. The van der Waals surface area contributed by atoms with E-state index in [9.17, 15) is 18.4 Å². The maximum atomic E-state index is 13.6. The molecular weight excluding hydrogens is 490 g/mol. The van der Waals surface area contributed by atoms with Crippen molar-refractivity contribution in [2.45, 2.75) is 25.3 Å². The van der Waals surface area contributed by atoms with Crippen molar-refractivity contribution in [1.82, 2.24) is 20.4 Å². The van der Waals surface area contributed by atoms with Crippen LogP contribution in [0.4, 0.5) is 20.3 Å². The first-order valence-corrected chi connectivity index (χ1v) is 12.4. The number of likely N-dealkylation sites (tertiary alicyclic amines) is 1. The molecule has 1 aliphatic rings. The van der Waals surface area contributed by atoms with E-state index in [1.54, 1.807) is 18.2 Å². The lowest BCUT2D eigenvalue weighted by Crippen LogP contribution is -2.43. The zero-order chi connectivity index (χ0) is 26.8. The summed E-state index contributed by atoms with van der Waals surface area (Å²) in [6.45, 7) is 1.86. The van der Waals surface area contributed by atoms with Gasteiger partial charge in [-0.3, -0.25) is 14.7 Å². The second-order valence-electron chi connectivity index (χ2n) is 9.71. The minimum atomic E-state index is -0.639. The van der Waals surface area contributed by atoms with Crippen molar-refractivity contribution in [1.29, 1.82) is 0 Å². The molecule has 0 atom stereocenters. The molecule has 4 aromatic rings. The lowest BCUT2D eigenvalue weighted by molar-refractivity contribution is 0.0915. The molecule has 1 aliphatic heterocycles. The molecule has 1 fully saturated rings. The van der Waals surface area contributed by atoms with Gasteiger partial charge in [0.2, 0.25) is 0 Å². The maximum Gasteiger partial charge on any atom is 0.258 e. The number of hydrogen-bond acceptors (Lipinski definition) is 5. The van der Waals surface area contributed by atoms with Crippen molar-refractivity contribution < 1.29 is 18.4 Å². The summed E-state index contributed by atoms with van der Waals surface area (Å²) in [6.07, 6.45) is 2.07. The molecule has 0 aliphatic carbocycles. The van der Waals surface area contributed by atoms with Crippen LogP contribution in [0.1, 0.15) is 44.7 Å². The maximum absolute atomic E-state index is 13.6. The molecular formula is C28H28F2N6O2. The van der Waals surface area contributed by atoms with Crippen molar-refractivity contribution in [3.05, 3.63) is 88.5 Å². The standard InChI is InChI=1S/C28H28F2N6O2/c1-36-8-6-21(7-9-36)32-27(37)18-3-4-22(24(31)14-18)28(38)33-26-23-13-16(2-5-25(23)34-35-26)10-17-11-19(29)15-20(30)12-17/h2-5,11-15,21H,6-10,31H2,1H3,(H,32,37)(H2,33,34,35,38). The first-order chi connectivity index (χ1) is 18.2. The first-order valence-electron chi connectivity index (χ1n) is 12.4. The first kappa shape index (κ1) is 25.3. The smallest absolute Gasteiger partial charge is 0.258 e. The predicted octanol–water partition coefficient (Wildman–Crippen LogP) is 4.09. The SMILES string of the molecule is CN1CCC(NC(=O)c2ccc(C(=O)Nc3n[nH]c4ccc(Cc5cc(F)cc(F)c5)cc34)c(N)c2)CC1. The van der Waals surface area contributed by atoms with E-state index >= 15 is 0 Å². The quantitative estimate of drug-likeness (QED) is 0.287. The highest BCUT2D eigenvalue weighted by Crippen LogP contribution is 2.25. The Labute approximate surface area is 218 Å². The molecule has 8 nitrogen and oxygen atoms in total. The molecule has 0 radical (unpaired) electrons. The van der Waals surface area contributed by atoms with Crippen molar-refractivity contribution >= 4 is 34.2 Å². The highest BCUT2D eigenvalue weighted by Gasteiger charge is 2.21. The van der Waals surface area contributed by atoms with Gasteiger partial charge in [0, 0.05) is 28.7 Å². The van der Waals surface area contributed by atoms with E-state index in [0.717, 1.165) is 37.6 Å². The number of anilines is 2. The Morgan fingerprint density at radius 2 is 1.74 bits per heavy atom. The third-order valence-electron chi connectivity index (χ3n) is 6.80. The number of halogens is 2. The summed E-state index contributed by atoms with van der Waals surface area (Å²) < 4.78 is 27.2. The Morgan fingerprint density at radius 1 is 1.00 bits per heavy atom. The number of carbonyl (C=O) groups is 2. The molecule has 196 valence electrons. The van der Waals surface area contributed by atoms with Crippen LogP contribution in [0, 0.1) is 11.6 Å². The average Bonchev–Trinajstić information content (AvgIpc) is 3.26. The molecule has 2 heterocycles. The topological polar surface area (TPSA) is 116 Å². The third kappa shape index (κ3) is 5.65. The number of nitrogens with one attached hydrogen (secondary N) is 3. The van der Waals surface area contributed by atoms with Crippen LogP contribution in [0.15, 0.2) is 54.6 Å². The number of hydrogen-bond donors (Lipinski definition) is 4. The molecule has 10 heteroatoms. The minimum absolute atomic E-state index is 0.112. The Morgan fingerprint density at radius 3 is 2.45 bits per heavy atom. The van der Waals surface area contributed by atoms with E-state index in [-0.39, 0.29) is 23.2 Å². The number of benzene rings is 3. The van der Waals surface area contributed by atoms with Gasteiger partial charge in [-0.1, -0.05) is 6.07 Å². The number of nitrogens with two attached hydrogens (primary N) is 1. The molecule has 0 spiro atoms. The number of nitrogens with zero attached hydrogens (tertiary/aromatic N) is 2. The monoisotopic (exact) mass is 518 g/mol. The summed E-state index contributed by atoms with van der Waals surface area (Å²) in [7, 11) is 2.06. The van der Waals surface area contributed by atoms with Gasteiger partial charge < -0.3 is 21.3 Å². The van der Waals surface area contributed by atoms with E-state index in [0.29, 0.717) is 34.3 Å². The second kappa shape index (κ2) is 10.6. The van der Waals surface area contributed by atoms with Crippen LogP contribution in [0.5, 0.6) is 0 Å². The van der Waals surface area contributed by atoms with Crippen molar-refractivity contribution in [2.75, 3.05) is 31.2 Å². The van der Waals surface area contributed by atoms with Crippen LogP contribution in [0.25, 0.3) is 10.9 Å². The van der Waals surface area contributed by atoms with Crippen LogP contribution in [0.2, 0.25) is 0 Å². The van der Waals surface area contributed by atoms with Gasteiger partial charge in [-0.15, -0.1) is 0 Å². The van der Waals surface area contributed by atoms with Gasteiger partial charge in [0.15, 0.2) is 5.82 Å². The number of carbonyl (C=O) groups excluding carboxylic acids is 2. The molecule has 3 aromatic carbocycles. The zero-order valence-corrected chi connectivity index (χ0v) is 20.9. The minimum Gasteiger partial charge on any atom is -0.398 e. The summed E-state index contributed by atoms with van der Waals surface area (Å²) in [4.78, 5) is 27.9. The number of aromatic amines is 1. The molecule has 5 rings (SSSR count). The number of amides is 2. The fraction of sp³-hybridized carbons (Fsp3) is 0.250. The largest absolute Gasteiger partial charge is 0.398 e. The lowest BCUT2D eigenvalue weighted by atomic mass is 10.0. The van der Waals surface area contributed by atoms with Crippen molar-refractivity contribution in [3.8, 4) is 0 Å². The summed E-state index contributed by atoms with van der Waals surface area (Å²) in [5, 5.41) is 13.5. The van der Waals surface area contributed by atoms with E-state index < -0.39 is 17.5 Å². The van der Waals surface area contributed by atoms with Gasteiger partial charge in [-0.05, 0) is 93.0 Å². The Bertz CT molecular complexity index is 1490. The second-order valence-corrected chi connectivity index (χ2v) is 9.71. The van der Waals surface area contributed by atoms with Crippen molar-refractivity contribution in [2.24, 2.45) is 0 Å². The van der Waals surface area contributed by atoms with Gasteiger partial charge in [-0.2, -0.15) is 5.10 Å². The Balaban J connectivity index is 1.29. The Kier molecular flexibility index (Phi) is 7.06. The van der Waals surface area contributed by atoms with Crippen LogP contribution in [0.3, 0.4) is 0 Å². The van der Waals surface area contributed by atoms with Crippen LogP contribution < -0.4 is 16.4 Å². The van der Waals surface area contributed by atoms with E-state index in [4.69, 9.17) is 5.73 Å². The number of H-pyrrole nitrogens is 1. The van der Waals surface area contributed by atoms with Gasteiger partial charge in [0.05, 0.1) is 11.1 Å². The van der Waals surface area contributed by atoms with Crippen LogP contribution >= 0.6 is 0 Å². The summed E-state index contributed by atoms with van der Waals surface area (Å²) in [5.41, 5.74) is 8.89. The van der Waals surface area contributed by atoms with Crippen LogP contribution in [-0.2, 0) is 6.42 Å². The van der Waals surface area contributed by atoms with Gasteiger partial charge in [0.1, 0.15) is 11.6 Å². The molecule has 1 aromatic heterocycles. The highest BCUT2D eigenvalue weighted by atomic mass is 19.1. The lowest BCUT2D eigenvalue weighted by Gasteiger charge is -2.29. The van der Waals surface area contributed by atoms with Gasteiger partial charge >= 0.3 is 0 Å². The molecule has 0 unspecified atom stereocenters. The summed E-state index contributed by atoms with van der Waals surface area (Å²) in [5.74, 6) is -1.68. The van der Waals surface area contributed by atoms with Crippen LogP contribution in [-0.4, -0.2) is 53.1 Å². The van der Waals surface area contributed by atoms with Crippen molar-refractivity contribution in [3.63, 3.8) is 0 Å². The molecule has 0 saturated carbocycles.